The molecule has 170 valence electrons. The van der Waals surface area contributed by atoms with Gasteiger partial charge in [0.15, 0.2) is 0 Å². The average molecular weight is 428 g/mol. The average Bonchev–Trinajstić information content (AvgIpc) is 2.67. The molecule has 0 heterocycles. The van der Waals surface area contributed by atoms with Crippen molar-refractivity contribution in [2.75, 3.05) is 59.8 Å². The van der Waals surface area contributed by atoms with Crippen LogP contribution in [-0.2, 0) is 18.9 Å². The van der Waals surface area contributed by atoms with Crippen LogP contribution in [0.4, 0.5) is 10.5 Å². The van der Waals surface area contributed by atoms with Crippen molar-refractivity contribution in [2.24, 2.45) is 0 Å². The van der Waals surface area contributed by atoms with Crippen molar-refractivity contribution in [3.8, 4) is 5.75 Å². The van der Waals surface area contributed by atoms with Crippen LogP contribution < -0.4 is 4.74 Å². The summed E-state index contributed by atoms with van der Waals surface area (Å²) in [5.74, 6) is 0.551. The highest BCUT2D eigenvalue weighted by Gasteiger charge is 2.19. The fourth-order valence-corrected chi connectivity index (χ4v) is 2.06. The minimum atomic E-state index is -0.515. The van der Waals surface area contributed by atoms with E-state index < -0.39 is 10.5 Å². The highest BCUT2D eigenvalue weighted by Crippen LogP contribution is 2.17. The van der Waals surface area contributed by atoms with Gasteiger partial charge in [0.2, 0.25) is 0 Å². The number of rotatable bonds is 14. The van der Waals surface area contributed by atoms with E-state index in [-0.39, 0.29) is 11.8 Å². The number of non-ortho nitro benzene ring substituents is 1. The number of nitrogens with zero attached hydrogens (tertiary/aromatic N) is 2. The summed E-state index contributed by atoms with van der Waals surface area (Å²) >= 11 is 0. The van der Waals surface area contributed by atoms with Crippen molar-refractivity contribution in [3.05, 3.63) is 34.4 Å². The molecule has 0 bridgehead atoms. The smallest absolute Gasteiger partial charge is 0.410 e. The summed E-state index contributed by atoms with van der Waals surface area (Å²) in [6, 6.07) is 5.88. The third kappa shape index (κ3) is 12.2. The van der Waals surface area contributed by atoms with E-state index in [9.17, 15) is 14.9 Å². The van der Waals surface area contributed by atoms with Crippen molar-refractivity contribution >= 4 is 11.8 Å². The number of carbonyl (C=O) groups excluding carboxylic acids is 1. The standard InChI is InChI=1S/C20H32N2O8/c1-20(2,3)30-19(23)21(4)9-10-26-11-12-27-13-14-28-15-16-29-18-7-5-17(6-8-18)22(24)25/h5-8H,9-16H2,1-4H3. The van der Waals surface area contributed by atoms with E-state index in [1.165, 1.54) is 17.0 Å². The maximum atomic E-state index is 11.8. The van der Waals surface area contributed by atoms with Crippen LogP contribution in [0.15, 0.2) is 24.3 Å². The summed E-state index contributed by atoms with van der Waals surface area (Å²) < 4.78 is 26.9. The fourth-order valence-electron chi connectivity index (χ4n) is 2.06. The molecule has 0 aliphatic carbocycles. The number of carbonyl (C=O) groups is 1. The second-order valence-electron chi connectivity index (χ2n) is 7.34. The molecule has 0 aliphatic heterocycles. The summed E-state index contributed by atoms with van der Waals surface area (Å²) in [5.41, 5.74) is -0.492. The topological polar surface area (TPSA) is 110 Å². The van der Waals surface area contributed by atoms with Crippen LogP contribution >= 0.6 is 0 Å². The second-order valence-corrected chi connectivity index (χ2v) is 7.34. The zero-order valence-electron chi connectivity index (χ0n) is 18.1. The summed E-state index contributed by atoms with van der Waals surface area (Å²) in [6.07, 6.45) is -0.378. The third-order valence-corrected chi connectivity index (χ3v) is 3.56. The van der Waals surface area contributed by atoms with Gasteiger partial charge in [-0.2, -0.15) is 0 Å². The highest BCUT2D eigenvalue weighted by atomic mass is 16.6. The molecular formula is C20H32N2O8. The molecule has 0 fully saturated rings. The summed E-state index contributed by atoms with van der Waals surface area (Å²) in [4.78, 5) is 23.3. The lowest BCUT2D eigenvalue weighted by molar-refractivity contribution is -0.384. The van der Waals surface area contributed by atoms with Crippen molar-refractivity contribution < 1.29 is 33.4 Å². The zero-order chi connectivity index (χ0) is 22.4. The lowest BCUT2D eigenvalue weighted by Gasteiger charge is -2.24. The molecule has 0 N–H and O–H groups in total. The van der Waals surface area contributed by atoms with E-state index in [0.717, 1.165) is 0 Å². The summed E-state index contributed by atoms with van der Waals surface area (Å²) in [5, 5.41) is 10.6. The molecule has 0 atom stereocenters. The Morgan fingerprint density at radius 2 is 1.43 bits per heavy atom. The van der Waals surface area contributed by atoms with Gasteiger partial charge in [0, 0.05) is 25.7 Å². The lowest BCUT2D eigenvalue weighted by Crippen LogP contribution is -2.36. The first-order valence-electron chi connectivity index (χ1n) is 9.73. The first kappa shape index (κ1) is 25.6. The summed E-state index contributed by atoms with van der Waals surface area (Å²) in [6.45, 7) is 8.73. The summed E-state index contributed by atoms with van der Waals surface area (Å²) in [7, 11) is 1.66. The van der Waals surface area contributed by atoms with Gasteiger partial charge in [-0.15, -0.1) is 0 Å². The van der Waals surface area contributed by atoms with Gasteiger partial charge in [0.1, 0.15) is 18.0 Å². The number of nitro benzene ring substituents is 1. The van der Waals surface area contributed by atoms with Gasteiger partial charge in [-0.3, -0.25) is 10.1 Å². The van der Waals surface area contributed by atoms with Crippen LogP contribution in [0, 0.1) is 10.1 Å². The Morgan fingerprint density at radius 1 is 0.933 bits per heavy atom. The van der Waals surface area contributed by atoms with Crippen LogP contribution in [0.1, 0.15) is 20.8 Å². The van der Waals surface area contributed by atoms with Crippen LogP contribution in [-0.4, -0.2) is 81.4 Å². The molecule has 1 aromatic carbocycles. The molecule has 0 saturated heterocycles. The monoisotopic (exact) mass is 428 g/mol. The molecule has 10 nitrogen and oxygen atoms in total. The number of ether oxygens (including phenoxy) is 5. The van der Waals surface area contributed by atoms with Crippen LogP contribution in [0.5, 0.6) is 5.75 Å². The van der Waals surface area contributed by atoms with Crippen LogP contribution in [0.2, 0.25) is 0 Å². The number of hydrogen-bond donors (Lipinski definition) is 0. The molecule has 1 amide bonds. The Bertz CT molecular complexity index is 631. The van der Waals surface area contributed by atoms with Crippen molar-refractivity contribution in [2.45, 2.75) is 26.4 Å². The van der Waals surface area contributed by atoms with Gasteiger partial charge in [0.25, 0.3) is 5.69 Å². The quantitative estimate of drug-likeness (QED) is 0.253. The highest BCUT2D eigenvalue weighted by molar-refractivity contribution is 5.67. The van der Waals surface area contributed by atoms with Gasteiger partial charge in [-0.1, -0.05) is 0 Å². The second kappa shape index (κ2) is 13.7. The Balaban J connectivity index is 1.92. The Hall–Kier alpha value is -2.43. The number of benzene rings is 1. The van der Waals surface area contributed by atoms with Gasteiger partial charge in [-0.05, 0) is 32.9 Å². The van der Waals surface area contributed by atoms with E-state index in [2.05, 4.69) is 0 Å². The van der Waals surface area contributed by atoms with Gasteiger partial charge in [-0.25, -0.2) is 4.79 Å². The number of likely N-dealkylation sites (N-methyl/N-ethyl adjacent to an activating group) is 1. The molecule has 1 aromatic rings. The molecule has 0 radical (unpaired) electrons. The molecule has 0 aromatic heterocycles. The van der Waals surface area contributed by atoms with E-state index in [1.54, 1.807) is 19.2 Å². The van der Waals surface area contributed by atoms with Crippen molar-refractivity contribution in [1.29, 1.82) is 0 Å². The zero-order valence-corrected chi connectivity index (χ0v) is 18.1. The number of amides is 1. The third-order valence-electron chi connectivity index (χ3n) is 3.56. The van der Waals surface area contributed by atoms with Crippen molar-refractivity contribution in [1.82, 2.24) is 4.90 Å². The van der Waals surface area contributed by atoms with Gasteiger partial charge < -0.3 is 28.6 Å². The first-order valence-corrected chi connectivity index (χ1v) is 9.73. The lowest BCUT2D eigenvalue weighted by atomic mass is 10.2. The molecule has 0 saturated carbocycles. The molecular weight excluding hydrogens is 396 g/mol. The predicted octanol–water partition coefficient (Wildman–Crippen LogP) is 2.89. The van der Waals surface area contributed by atoms with Gasteiger partial charge in [0.05, 0.1) is 44.6 Å². The maximum Gasteiger partial charge on any atom is 0.410 e. The minimum absolute atomic E-state index is 0.0230. The molecule has 30 heavy (non-hydrogen) atoms. The molecule has 0 unspecified atom stereocenters. The van der Waals surface area contributed by atoms with E-state index in [0.29, 0.717) is 58.5 Å². The molecule has 1 rings (SSSR count). The normalized spacial score (nSPS) is 11.2. The Labute approximate surface area is 177 Å². The van der Waals surface area contributed by atoms with E-state index in [1.807, 2.05) is 20.8 Å². The molecule has 0 aliphatic rings. The first-order chi connectivity index (χ1) is 14.2. The number of nitro groups is 1. The SMILES string of the molecule is CN(CCOCCOCCOCCOc1ccc([N+](=O)[O-])cc1)C(=O)OC(C)(C)C. The Kier molecular flexibility index (Phi) is 11.7. The predicted molar refractivity (Wildman–Crippen MR) is 110 cm³/mol. The van der Waals surface area contributed by atoms with Gasteiger partial charge >= 0.3 is 6.09 Å². The fraction of sp³-hybridized carbons (Fsp3) is 0.650. The maximum absolute atomic E-state index is 11.8. The van der Waals surface area contributed by atoms with Crippen LogP contribution in [0.3, 0.4) is 0 Å². The van der Waals surface area contributed by atoms with E-state index >= 15 is 0 Å². The molecule has 10 heteroatoms. The minimum Gasteiger partial charge on any atom is -0.491 e. The number of hydrogen-bond acceptors (Lipinski definition) is 8. The van der Waals surface area contributed by atoms with Crippen LogP contribution in [0.25, 0.3) is 0 Å². The van der Waals surface area contributed by atoms with Crippen molar-refractivity contribution in [3.63, 3.8) is 0 Å². The Morgan fingerprint density at radius 3 is 1.93 bits per heavy atom. The molecule has 0 spiro atoms. The largest absolute Gasteiger partial charge is 0.491 e. The van der Waals surface area contributed by atoms with E-state index in [4.69, 9.17) is 23.7 Å².